The van der Waals surface area contributed by atoms with Crippen LogP contribution in [0.5, 0.6) is 11.5 Å². The van der Waals surface area contributed by atoms with E-state index in [-0.39, 0.29) is 6.04 Å². The molecule has 21 heavy (non-hydrogen) atoms. The van der Waals surface area contributed by atoms with Gasteiger partial charge >= 0.3 is 0 Å². The lowest BCUT2D eigenvalue weighted by Gasteiger charge is -2.19. The summed E-state index contributed by atoms with van der Waals surface area (Å²) in [6, 6.07) is 9.58. The predicted octanol–water partition coefficient (Wildman–Crippen LogP) is 4.59. The van der Waals surface area contributed by atoms with Gasteiger partial charge in [-0.15, -0.1) is 0 Å². The molecule has 0 spiro atoms. The first-order valence-corrected chi connectivity index (χ1v) is 8.00. The summed E-state index contributed by atoms with van der Waals surface area (Å²) < 4.78 is 12.6. The Morgan fingerprint density at radius 3 is 2.24 bits per heavy atom. The second-order valence-corrected chi connectivity index (χ2v) is 6.33. The van der Waals surface area contributed by atoms with Gasteiger partial charge in [-0.1, -0.05) is 50.1 Å². The molecule has 3 nitrogen and oxygen atoms in total. The largest absolute Gasteiger partial charge is 0.493 e. The summed E-state index contributed by atoms with van der Waals surface area (Å²) in [5.41, 5.74) is 9.57. The second-order valence-electron chi connectivity index (χ2n) is 4.68. The molecule has 0 radical (unpaired) electrons. The Bertz CT molecular complexity index is 659. The molecular weight excluding hydrogens is 398 g/mol. The standard InChI is InChI=1S/C16H17Br2NO2/c1-9-5-4-6-10(15(9)18)16(19)11-7-13(20-2)14(21-3)8-12(11)17/h4-8,16H,19H2,1-3H3. The third-order valence-electron chi connectivity index (χ3n) is 3.39. The molecule has 2 N–H and O–H groups in total. The van der Waals surface area contributed by atoms with Gasteiger partial charge in [0, 0.05) is 8.95 Å². The number of benzene rings is 2. The molecule has 2 rings (SSSR count). The van der Waals surface area contributed by atoms with E-state index in [9.17, 15) is 0 Å². The number of rotatable bonds is 4. The van der Waals surface area contributed by atoms with E-state index in [0.29, 0.717) is 11.5 Å². The number of halogens is 2. The molecule has 0 saturated carbocycles. The zero-order valence-corrected chi connectivity index (χ0v) is 15.3. The number of nitrogens with two attached hydrogens (primary N) is 1. The van der Waals surface area contributed by atoms with Crippen LogP contribution in [0.15, 0.2) is 39.3 Å². The van der Waals surface area contributed by atoms with Crippen molar-refractivity contribution in [2.75, 3.05) is 14.2 Å². The van der Waals surface area contributed by atoms with Crippen LogP contribution in [-0.4, -0.2) is 14.2 Å². The molecular formula is C16H17Br2NO2. The summed E-state index contributed by atoms with van der Waals surface area (Å²) in [6.45, 7) is 2.05. The normalized spacial score (nSPS) is 12.1. The summed E-state index contributed by atoms with van der Waals surface area (Å²) in [5.74, 6) is 1.33. The van der Waals surface area contributed by atoms with Gasteiger partial charge in [0.15, 0.2) is 11.5 Å². The maximum atomic E-state index is 6.45. The Morgan fingerprint density at radius 2 is 1.62 bits per heavy atom. The molecule has 5 heteroatoms. The van der Waals surface area contributed by atoms with E-state index in [4.69, 9.17) is 15.2 Å². The number of hydrogen-bond acceptors (Lipinski definition) is 3. The van der Waals surface area contributed by atoms with Crippen LogP contribution in [0.25, 0.3) is 0 Å². The Kier molecular flexibility index (Phi) is 5.30. The fraction of sp³-hybridized carbons (Fsp3) is 0.250. The highest BCUT2D eigenvalue weighted by atomic mass is 79.9. The van der Waals surface area contributed by atoms with E-state index in [1.54, 1.807) is 14.2 Å². The van der Waals surface area contributed by atoms with Crippen LogP contribution in [0.2, 0.25) is 0 Å². The Morgan fingerprint density at radius 1 is 1.00 bits per heavy atom. The van der Waals surface area contributed by atoms with Gasteiger partial charge in [-0.05, 0) is 35.7 Å². The molecule has 0 fully saturated rings. The maximum Gasteiger partial charge on any atom is 0.161 e. The van der Waals surface area contributed by atoms with Crippen molar-refractivity contribution >= 4 is 31.9 Å². The average Bonchev–Trinajstić information content (AvgIpc) is 2.49. The van der Waals surface area contributed by atoms with Gasteiger partial charge in [0.1, 0.15) is 0 Å². The monoisotopic (exact) mass is 413 g/mol. The van der Waals surface area contributed by atoms with Crippen molar-refractivity contribution in [1.82, 2.24) is 0 Å². The molecule has 2 aromatic carbocycles. The smallest absolute Gasteiger partial charge is 0.161 e. The highest BCUT2D eigenvalue weighted by Crippen LogP contribution is 2.38. The van der Waals surface area contributed by atoms with Crippen LogP contribution < -0.4 is 15.2 Å². The molecule has 0 heterocycles. The van der Waals surface area contributed by atoms with Crippen molar-refractivity contribution in [2.24, 2.45) is 5.73 Å². The van der Waals surface area contributed by atoms with E-state index >= 15 is 0 Å². The topological polar surface area (TPSA) is 44.5 Å². The Hall–Kier alpha value is -1.04. The lowest BCUT2D eigenvalue weighted by Crippen LogP contribution is -2.14. The van der Waals surface area contributed by atoms with Crippen molar-refractivity contribution in [2.45, 2.75) is 13.0 Å². The zero-order chi connectivity index (χ0) is 15.6. The van der Waals surface area contributed by atoms with E-state index < -0.39 is 0 Å². The molecule has 0 amide bonds. The molecule has 1 unspecified atom stereocenters. The highest BCUT2D eigenvalue weighted by molar-refractivity contribution is 9.10. The summed E-state index contributed by atoms with van der Waals surface area (Å²) in [7, 11) is 3.23. The van der Waals surface area contributed by atoms with Crippen LogP contribution in [0.1, 0.15) is 22.7 Å². The number of hydrogen-bond donors (Lipinski definition) is 1. The van der Waals surface area contributed by atoms with Crippen LogP contribution in [-0.2, 0) is 0 Å². The van der Waals surface area contributed by atoms with Crippen molar-refractivity contribution < 1.29 is 9.47 Å². The molecule has 0 bridgehead atoms. The van der Waals surface area contributed by atoms with Crippen molar-refractivity contribution in [3.8, 4) is 11.5 Å². The number of methoxy groups -OCH3 is 2. The number of aryl methyl sites for hydroxylation is 1. The third-order valence-corrected chi connectivity index (χ3v) is 5.16. The van der Waals surface area contributed by atoms with Gasteiger partial charge in [-0.2, -0.15) is 0 Å². The highest BCUT2D eigenvalue weighted by Gasteiger charge is 2.19. The Balaban J connectivity index is 2.53. The fourth-order valence-corrected chi connectivity index (χ4v) is 3.27. The van der Waals surface area contributed by atoms with Gasteiger partial charge in [0.2, 0.25) is 0 Å². The van der Waals surface area contributed by atoms with Crippen molar-refractivity contribution in [1.29, 1.82) is 0 Å². The van der Waals surface area contributed by atoms with E-state index in [0.717, 1.165) is 25.6 Å². The van der Waals surface area contributed by atoms with Gasteiger partial charge < -0.3 is 15.2 Å². The first-order chi connectivity index (χ1) is 9.99. The number of ether oxygens (including phenoxy) is 2. The van der Waals surface area contributed by atoms with E-state index in [1.807, 2.05) is 37.3 Å². The summed E-state index contributed by atoms with van der Waals surface area (Å²) in [5, 5.41) is 0. The summed E-state index contributed by atoms with van der Waals surface area (Å²) in [4.78, 5) is 0. The molecule has 0 aliphatic heterocycles. The van der Waals surface area contributed by atoms with Crippen LogP contribution >= 0.6 is 31.9 Å². The minimum Gasteiger partial charge on any atom is -0.493 e. The SMILES string of the molecule is COc1cc(Br)c(C(N)c2cccc(C)c2Br)cc1OC. The maximum absolute atomic E-state index is 6.45. The predicted molar refractivity (Wildman–Crippen MR) is 92.2 cm³/mol. The van der Waals surface area contributed by atoms with Crippen LogP contribution in [0.3, 0.4) is 0 Å². The molecule has 2 aromatic rings. The van der Waals surface area contributed by atoms with E-state index in [2.05, 4.69) is 31.9 Å². The summed E-state index contributed by atoms with van der Waals surface area (Å²) >= 11 is 7.18. The van der Waals surface area contributed by atoms with Crippen molar-refractivity contribution in [3.63, 3.8) is 0 Å². The lowest BCUT2D eigenvalue weighted by atomic mass is 9.98. The van der Waals surface area contributed by atoms with E-state index in [1.165, 1.54) is 0 Å². The third kappa shape index (κ3) is 3.25. The van der Waals surface area contributed by atoms with Crippen molar-refractivity contribution in [3.05, 3.63) is 56.0 Å². The van der Waals surface area contributed by atoms with Gasteiger partial charge in [-0.25, -0.2) is 0 Å². The molecule has 0 aromatic heterocycles. The second kappa shape index (κ2) is 6.81. The first kappa shape index (κ1) is 16.3. The quantitative estimate of drug-likeness (QED) is 0.795. The fourth-order valence-electron chi connectivity index (χ4n) is 2.19. The minimum absolute atomic E-state index is 0.270. The molecule has 1 atom stereocenters. The molecule has 112 valence electrons. The van der Waals surface area contributed by atoms with Crippen LogP contribution in [0, 0.1) is 6.92 Å². The zero-order valence-electron chi connectivity index (χ0n) is 12.1. The minimum atomic E-state index is -0.270. The summed E-state index contributed by atoms with van der Waals surface area (Å²) in [6.07, 6.45) is 0. The first-order valence-electron chi connectivity index (χ1n) is 6.41. The molecule has 0 aliphatic rings. The average molecular weight is 415 g/mol. The van der Waals surface area contributed by atoms with Gasteiger partial charge in [-0.3, -0.25) is 0 Å². The van der Waals surface area contributed by atoms with Crippen LogP contribution in [0.4, 0.5) is 0 Å². The van der Waals surface area contributed by atoms with Gasteiger partial charge in [0.25, 0.3) is 0 Å². The Labute approximate surface area is 141 Å². The molecule has 0 aliphatic carbocycles. The lowest BCUT2D eigenvalue weighted by molar-refractivity contribution is 0.354. The van der Waals surface area contributed by atoms with Gasteiger partial charge in [0.05, 0.1) is 20.3 Å². The molecule has 0 saturated heterocycles.